The molecule has 0 aromatic heterocycles. The van der Waals surface area contributed by atoms with Crippen molar-refractivity contribution < 1.29 is 9.59 Å². The van der Waals surface area contributed by atoms with Crippen molar-refractivity contribution in [2.24, 2.45) is 5.92 Å². The molecule has 1 atom stereocenters. The van der Waals surface area contributed by atoms with Crippen molar-refractivity contribution in [3.63, 3.8) is 0 Å². The Balaban J connectivity index is 1.84. The minimum absolute atomic E-state index is 0.188. The van der Waals surface area contributed by atoms with Gasteiger partial charge in [-0.1, -0.05) is 0 Å². The third-order valence-electron chi connectivity index (χ3n) is 4.02. The van der Waals surface area contributed by atoms with Gasteiger partial charge in [0.25, 0.3) is 0 Å². The van der Waals surface area contributed by atoms with Crippen molar-refractivity contribution in [3.05, 3.63) is 0 Å². The van der Waals surface area contributed by atoms with Gasteiger partial charge in [-0.05, 0) is 50.0 Å². The van der Waals surface area contributed by atoms with Crippen LogP contribution in [0.2, 0.25) is 0 Å². The van der Waals surface area contributed by atoms with Gasteiger partial charge >= 0.3 is 0 Å². The number of hydrogen-bond donors (Lipinski definition) is 0. The lowest BCUT2D eigenvalue weighted by atomic mass is 9.97. The molecule has 0 saturated carbocycles. The summed E-state index contributed by atoms with van der Waals surface area (Å²) in [6.07, 6.45) is 5.68. The molecule has 2 saturated heterocycles. The minimum Gasteiger partial charge on any atom is -0.339 e. The Hall–Kier alpha value is -0.510. The van der Waals surface area contributed by atoms with Crippen LogP contribution < -0.4 is 0 Å². The van der Waals surface area contributed by atoms with E-state index in [1.54, 1.807) is 6.92 Å². The third kappa shape index (κ3) is 3.74. The highest BCUT2D eigenvalue weighted by Crippen LogP contribution is 2.28. The van der Waals surface area contributed by atoms with Crippen molar-refractivity contribution in [1.82, 2.24) is 4.90 Å². The van der Waals surface area contributed by atoms with Gasteiger partial charge < -0.3 is 4.90 Å². The molecule has 2 aliphatic heterocycles. The number of Topliss-reactive ketones (excluding diaryl/α,β-unsaturated/α-hetero) is 1. The largest absolute Gasteiger partial charge is 0.339 e. The van der Waals surface area contributed by atoms with E-state index in [4.69, 9.17) is 0 Å². The molecule has 1 unspecified atom stereocenters. The maximum absolute atomic E-state index is 12.3. The molecule has 18 heavy (non-hydrogen) atoms. The van der Waals surface area contributed by atoms with E-state index in [2.05, 4.69) is 0 Å². The summed E-state index contributed by atoms with van der Waals surface area (Å²) >= 11 is 2.00. The lowest BCUT2D eigenvalue weighted by molar-refractivity contribution is -0.133. The zero-order chi connectivity index (χ0) is 13.0. The number of ketones is 1. The molecular formula is C14H23NO2S. The Morgan fingerprint density at radius 3 is 2.56 bits per heavy atom. The lowest BCUT2D eigenvalue weighted by Crippen LogP contribution is -2.37. The number of hydrogen-bond acceptors (Lipinski definition) is 3. The molecule has 2 fully saturated rings. The summed E-state index contributed by atoms with van der Waals surface area (Å²) in [5.41, 5.74) is 0. The Morgan fingerprint density at radius 2 is 1.89 bits per heavy atom. The van der Waals surface area contributed by atoms with Crippen molar-refractivity contribution in [1.29, 1.82) is 0 Å². The van der Waals surface area contributed by atoms with Crippen LogP contribution in [0.3, 0.4) is 0 Å². The lowest BCUT2D eigenvalue weighted by Gasteiger charge is -2.27. The molecule has 0 aromatic carbocycles. The number of amides is 1. The molecule has 2 aliphatic rings. The number of thioether (sulfide) groups is 1. The molecule has 0 radical (unpaired) electrons. The summed E-state index contributed by atoms with van der Waals surface area (Å²) in [6, 6.07) is 0.188. The summed E-state index contributed by atoms with van der Waals surface area (Å²) < 4.78 is 0. The van der Waals surface area contributed by atoms with Gasteiger partial charge in [0.05, 0.1) is 0 Å². The number of likely N-dealkylation sites (tertiary alicyclic amines) is 1. The maximum atomic E-state index is 12.3. The minimum atomic E-state index is 0.188. The fraction of sp³-hybridized carbons (Fsp3) is 0.857. The molecule has 4 heteroatoms. The van der Waals surface area contributed by atoms with Crippen LogP contribution in [0.25, 0.3) is 0 Å². The second-order valence-corrected chi connectivity index (χ2v) is 6.77. The van der Waals surface area contributed by atoms with Crippen LogP contribution in [0.15, 0.2) is 0 Å². The number of rotatable bonds is 4. The van der Waals surface area contributed by atoms with E-state index in [9.17, 15) is 9.59 Å². The van der Waals surface area contributed by atoms with Gasteiger partial charge in [-0.3, -0.25) is 9.59 Å². The normalized spacial score (nSPS) is 25.4. The van der Waals surface area contributed by atoms with Crippen LogP contribution in [0.4, 0.5) is 0 Å². The highest BCUT2D eigenvalue weighted by Gasteiger charge is 2.30. The van der Waals surface area contributed by atoms with E-state index >= 15 is 0 Å². The van der Waals surface area contributed by atoms with E-state index in [0.717, 1.165) is 19.4 Å². The molecule has 1 amide bonds. The number of carbonyl (C=O) groups is 2. The predicted molar refractivity (Wildman–Crippen MR) is 74.7 cm³/mol. The Morgan fingerprint density at radius 1 is 1.17 bits per heavy atom. The van der Waals surface area contributed by atoms with Gasteiger partial charge in [-0.25, -0.2) is 0 Å². The van der Waals surface area contributed by atoms with Crippen LogP contribution in [0, 0.1) is 5.92 Å². The first-order valence-corrected chi connectivity index (χ1v) is 8.19. The average Bonchev–Trinajstić information content (AvgIpc) is 2.77. The summed E-state index contributed by atoms with van der Waals surface area (Å²) in [6.45, 7) is 2.48. The summed E-state index contributed by atoms with van der Waals surface area (Å²) in [5.74, 6) is 3.48. The second-order valence-electron chi connectivity index (χ2n) is 5.55. The van der Waals surface area contributed by atoms with Gasteiger partial charge in [0, 0.05) is 25.4 Å². The highest BCUT2D eigenvalue weighted by atomic mass is 32.2. The Bertz CT molecular complexity index is 313. The van der Waals surface area contributed by atoms with Crippen LogP contribution in [-0.4, -0.2) is 40.7 Å². The van der Waals surface area contributed by atoms with Crippen molar-refractivity contribution >= 4 is 23.5 Å². The smallest absolute Gasteiger partial charge is 0.223 e. The molecule has 0 spiro atoms. The highest BCUT2D eigenvalue weighted by molar-refractivity contribution is 7.99. The maximum Gasteiger partial charge on any atom is 0.223 e. The molecule has 0 N–H and O–H groups in total. The molecule has 102 valence electrons. The standard InChI is InChI=1S/C14H23NO2S/c1-11(16)9-13-3-2-6-15(13)14(17)10-12-4-7-18-8-5-12/h12-13H,2-10H2,1H3. The molecule has 2 rings (SSSR count). The molecular weight excluding hydrogens is 246 g/mol. The quantitative estimate of drug-likeness (QED) is 0.787. The van der Waals surface area contributed by atoms with Gasteiger partial charge in [0.15, 0.2) is 0 Å². The van der Waals surface area contributed by atoms with Crippen LogP contribution in [0.1, 0.15) is 45.4 Å². The fourth-order valence-electron chi connectivity index (χ4n) is 3.02. The van der Waals surface area contributed by atoms with Crippen LogP contribution in [-0.2, 0) is 9.59 Å². The second kappa shape index (κ2) is 6.60. The van der Waals surface area contributed by atoms with E-state index in [-0.39, 0.29) is 17.7 Å². The topological polar surface area (TPSA) is 37.4 Å². The Labute approximate surface area is 114 Å². The van der Waals surface area contributed by atoms with E-state index in [1.807, 2.05) is 16.7 Å². The monoisotopic (exact) mass is 269 g/mol. The summed E-state index contributed by atoms with van der Waals surface area (Å²) in [7, 11) is 0. The zero-order valence-electron chi connectivity index (χ0n) is 11.2. The van der Waals surface area contributed by atoms with E-state index < -0.39 is 0 Å². The first-order valence-electron chi connectivity index (χ1n) is 7.03. The van der Waals surface area contributed by atoms with Gasteiger partial charge in [0.2, 0.25) is 5.91 Å². The van der Waals surface area contributed by atoms with Gasteiger partial charge in [-0.2, -0.15) is 11.8 Å². The van der Waals surface area contributed by atoms with Gasteiger partial charge in [0.1, 0.15) is 5.78 Å². The predicted octanol–water partition coefficient (Wildman–Crippen LogP) is 2.49. The first-order chi connectivity index (χ1) is 8.66. The van der Waals surface area contributed by atoms with Crippen molar-refractivity contribution in [2.45, 2.75) is 51.5 Å². The molecule has 2 heterocycles. The molecule has 0 aliphatic carbocycles. The van der Waals surface area contributed by atoms with Crippen LogP contribution >= 0.6 is 11.8 Å². The number of nitrogens with zero attached hydrogens (tertiary/aromatic N) is 1. The molecule has 0 aromatic rings. The first kappa shape index (κ1) is 13.9. The molecule has 0 bridgehead atoms. The third-order valence-corrected chi connectivity index (χ3v) is 5.07. The fourth-order valence-corrected chi connectivity index (χ4v) is 4.23. The van der Waals surface area contributed by atoms with E-state index in [0.29, 0.717) is 18.8 Å². The summed E-state index contributed by atoms with van der Waals surface area (Å²) in [4.78, 5) is 25.5. The number of carbonyl (C=O) groups excluding carboxylic acids is 2. The van der Waals surface area contributed by atoms with Crippen molar-refractivity contribution in [2.75, 3.05) is 18.1 Å². The zero-order valence-corrected chi connectivity index (χ0v) is 12.0. The molecule has 3 nitrogen and oxygen atoms in total. The average molecular weight is 269 g/mol. The van der Waals surface area contributed by atoms with E-state index in [1.165, 1.54) is 24.3 Å². The Kier molecular flexibility index (Phi) is 5.10. The van der Waals surface area contributed by atoms with Crippen molar-refractivity contribution in [3.8, 4) is 0 Å². The summed E-state index contributed by atoms with van der Waals surface area (Å²) in [5, 5.41) is 0. The SMILES string of the molecule is CC(=O)CC1CCCN1C(=O)CC1CCSCC1. The van der Waals surface area contributed by atoms with Gasteiger partial charge in [-0.15, -0.1) is 0 Å². The van der Waals surface area contributed by atoms with Crippen LogP contribution in [0.5, 0.6) is 0 Å².